The fraction of sp³-hybridized carbons (Fsp3) is 0.0714. The molecule has 18 heavy (non-hydrogen) atoms. The third-order valence-electron chi connectivity index (χ3n) is 2.78. The van der Waals surface area contributed by atoms with Crippen LogP contribution in [-0.2, 0) is 6.42 Å². The first-order valence-corrected chi connectivity index (χ1v) is 6.35. The molecule has 0 fully saturated rings. The molecular weight excluding hydrogens is 267 g/mol. The second kappa shape index (κ2) is 4.63. The van der Waals surface area contributed by atoms with Gasteiger partial charge in [0.15, 0.2) is 0 Å². The highest BCUT2D eigenvalue weighted by atomic mass is 35.5. The largest absolute Gasteiger partial charge is 0.342 e. The van der Waals surface area contributed by atoms with Gasteiger partial charge in [0.1, 0.15) is 5.82 Å². The number of fused-ring (bicyclic) bond motifs is 1. The minimum absolute atomic E-state index is 0.712. The van der Waals surface area contributed by atoms with Gasteiger partial charge in [-0.25, -0.2) is 4.98 Å². The van der Waals surface area contributed by atoms with Crippen molar-refractivity contribution in [2.45, 2.75) is 6.42 Å². The summed E-state index contributed by atoms with van der Waals surface area (Å²) in [6.45, 7) is 0. The van der Waals surface area contributed by atoms with Crippen molar-refractivity contribution in [1.82, 2.24) is 9.97 Å². The van der Waals surface area contributed by atoms with Gasteiger partial charge < -0.3 is 4.98 Å². The molecule has 1 N–H and O–H groups in total. The minimum Gasteiger partial charge on any atom is -0.342 e. The van der Waals surface area contributed by atoms with Gasteiger partial charge in [-0.15, -0.1) is 0 Å². The van der Waals surface area contributed by atoms with Crippen molar-refractivity contribution in [1.29, 1.82) is 0 Å². The summed E-state index contributed by atoms with van der Waals surface area (Å²) in [6, 6.07) is 13.4. The summed E-state index contributed by atoms with van der Waals surface area (Å²) in [5, 5.41) is 1.46. The summed E-state index contributed by atoms with van der Waals surface area (Å²) in [5.74, 6) is 0.926. The number of aromatic amines is 1. The maximum Gasteiger partial charge on any atom is 0.111 e. The predicted molar refractivity (Wildman–Crippen MR) is 75.4 cm³/mol. The summed E-state index contributed by atoms with van der Waals surface area (Å²) in [5.41, 5.74) is 3.07. The number of hydrogen-bond donors (Lipinski definition) is 1. The molecule has 0 saturated carbocycles. The summed E-state index contributed by atoms with van der Waals surface area (Å²) in [6.07, 6.45) is 0.753. The van der Waals surface area contributed by atoms with Gasteiger partial charge in [0.2, 0.25) is 0 Å². The summed E-state index contributed by atoms with van der Waals surface area (Å²) < 4.78 is 0. The van der Waals surface area contributed by atoms with E-state index in [-0.39, 0.29) is 0 Å². The number of benzene rings is 2. The average molecular weight is 277 g/mol. The molecule has 0 spiro atoms. The van der Waals surface area contributed by atoms with E-state index in [0.29, 0.717) is 5.02 Å². The van der Waals surface area contributed by atoms with Crippen molar-refractivity contribution in [3.8, 4) is 0 Å². The Kier molecular flexibility index (Phi) is 2.98. The predicted octanol–water partition coefficient (Wildman–Crippen LogP) is 4.46. The van der Waals surface area contributed by atoms with Crippen LogP contribution in [0.25, 0.3) is 11.0 Å². The van der Waals surface area contributed by atoms with Crippen LogP contribution in [0.3, 0.4) is 0 Å². The second-order valence-corrected chi connectivity index (χ2v) is 5.02. The van der Waals surface area contributed by atoms with Crippen molar-refractivity contribution in [2.75, 3.05) is 0 Å². The van der Waals surface area contributed by atoms with E-state index in [2.05, 4.69) is 9.97 Å². The molecule has 4 heteroatoms. The first kappa shape index (κ1) is 11.6. The number of aromatic nitrogens is 2. The molecule has 0 unspecified atom stereocenters. The Morgan fingerprint density at radius 1 is 0.944 bits per heavy atom. The van der Waals surface area contributed by atoms with Gasteiger partial charge >= 0.3 is 0 Å². The Bertz CT molecular complexity index is 687. The molecule has 1 aromatic heterocycles. The quantitative estimate of drug-likeness (QED) is 0.736. The van der Waals surface area contributed by atoms with Crippen molar-refractivity contribution >= 4 is 34.2 Å². The molecule has 2 aromatic carbocycles. The van der Waals surface area contributed by atoms with Crippen molar-refractivity contribution in [3.63, 3.8) is 0 Å². The average Bonchev–Trinajstić information content (AvgIpc) is 2.73. The van der Waals surface area contributed by atoms with E-state index in [4.69, 9.17) is 23.2 Å². The van der Waals surface area contributed by atoms with Gasteiger partial charge in [-0.3, -0.25) is 0 Å². The van der Waals surface area contributed by atoms with E-state index in [1.54, 1.807) is 0 Å². The number of halogens is 2. The van der Waals surface area contributed by atoms with Crippen LogP contribution in [0.5, 0.6) is 0 Å². The Hall–Kier alpha value is -1.51. The van der Waals surface area contributed by atoms with Gasteiger partial charge in [-0.1, -0.05) is 35.3 Å². The SMILES string of the molecule is Clc1ccc(Cc2nc3ccc(Cl)cc3[nH]2)cc1. The van der Waals surface area contributed by atoms with Crippen LogP contribution in [0.15, 0.2) is 42.5 Å². The molecule has 3 rings (SSSR count). The van der Waals surface area contributed by atoms with Crippen LogP contribution in [0, 0.1) is 0 Å². The molecule has 2 nitrogen and oxygen atoms in total. The lowest BCUT2D eigenvalue weighted by molar-refractivity contribution is 1.04. The number of hydrogen-bond acceptors (Lipinski definition) is 1. The smallest absolute Gasteiger partial charge is 0.111 e. The molecule has 0 radical (unpaired) electrons. The summed E-state index contributed by atoms with van der Waals surface area (Å²) >= 11 is 11.8. The van der Waals surface area contributed by atoms with Gasteiger partial charge in [0.25, 0.3) is 0 Å². The van der Waals surface area contributed by atoms with E-state index in [0.717, 1.165) is 28.3 Å². The molecule has 0 saturated heterocycles. The maximum atomic E-state index is 5.94. The standard InChI is InChI=1S/C14H10Cl2N2/c15-10-3-1-9(2-4-10)7-14-17-12-6-5-11(16)8-13(12)18-14/h1-6,8H,7H2,(H,17,18). The maximum absolute atomic E-state index is 5.94. The molecule has 0 aliphatic rings. The minimum atomic E-state index is 0.712. The fourth-order valence-electron chi connectivity index (χ4n) is 1.91. The molecule has 0 aliphatic carbocycles. The van der Waals surface area contributed by atoms with Crippen LogP contribution in [0.1, 0.15) is 11.4 Å². The Balaban J connectivity index is 1.92. The van der Waals surface area contributed by atoms with Gasteiger partial charge in [-0.05, 0) is 35.9 Å². The zero-order valence-corrected chi connectivity index (χ0v) is 11.0. The van der Waals surface area contributed by atoms with Crippen LogP contribution < -0.4 is 0 Å². The zero-order chi connectivity index (χ0) is 12.5. The molecule has 0 aliphatic heterocycles. The molecule has 1 heterocycles. The highest BCUT2D eigenvalue weighted by molar-refractivity contribution is 6.31. The molecule has 0 bridgehead atoms. The molecule has 0 atom stereocenters. The van der Waals surface area contributed by atoms with Crippen molar-refractivity contribution in [3.05, 3.63) is 63.9 Å². The normalized spacial score (nSPS) is 11.0. The Labute approximate surface area is 115 Å². The topological polar surface area (TPSA) is 28.7 Å². The number of H-pyrrole nitrogens is 1. The van der Waals surface area contributed by atoms with Crippen molar-refractivity contribution < 1.29 is 0 Å². The van der Waals surface area contributed by atoms with Gasteiger partial charge in [-0.2, -0.15) is 0 Å². The first-order chi connectivity index (χ1) is 8.70. The van der Waals surface area contributed by atoms with Crippen molar-refractivity contribution in [2.24, 2.45) is 0 Å². The third-order valence-corrected chi connectivity index (χ3v) is 3.26. The lowest BCUT2D eigenvalue weighted by Gasteiger charge is -1.97. The van der Waals surface area contributed by atoms with Crippen LogP contribution in [0.4, 0.5) is 0 Å². The van der Waals surface area contributed by atoms with Gasteiger partial charge in [0.05, 0.1) is 11.0 Å². The van der Waals surface area contributed by atoms with Crippen LogP contribution >= 0.6 is 23.2 Å². The second-order valence-electron chi connectivity index (χ2n) is 4.15. The third kappa shape index (κ3) is 2.35. The van der Waals surface area contributed by atoms with E-state index in [1.165, 1.54) is 5.56 Å². The van der Waals surface area contributed by atoms with E-state index < -0.39 is 0 Å². The monoisotopic (exact) mass is 276 g/mol. The van der Waals surface area contributed by atoms with Crippen LogP contribution in [-0.4, -0.2) is 9.97 Å². The number of nitrogens with one attached hydrogen (secondary N) is 1. The fourth-order valence-corrected chi connectivity index (χ4v) is 2.21. The van der Waals surface area contributed by atoms with Crippen LogP contribution in [0.2, 0.25) is 10.0 Å². The van der Waals surface area contributed by atoms with E-state index in [9.17, 15) is 0 Å². The number of rotatable bonds is 2. The lowest BCUT2D eigenvalue weighted by atomic mass is 10.1. The molecule has 3 aromatic rings. The van der Waals surface area contributed by atoms with Gasteiger partial charge in [0, 0.05) is 16.5 Å². The molecule has 0 amide bonds. The highest BCUT2D eigenvalue weighted by Gasteiger charge is 2.04. The Morgan fingerprint density at radius 3 is 2.44 bits per heavy atom. The molecular formula is C14H10Cl2N2. The lowest BCUT2D eigenvalue weighted by Crippen LogP contribution is -1.89. The van der Waals surface area contributed by atoms with E-state index in [1.807, 2.05) is 42.5 Å². The number of nitrogens with zero attached hydrogens (tertiary/aromatic N) is 1. The highest BCUT2D eigenvalue weighted by Crippen LogP contribution is 2.19. The Morgan fingerprint density at radius 2 is 1.67 bits per heavy atom. The first-order valence-electron chi connectivity index (χ1n) is 5.59. The zero-order valence-electron chi connectivity index (χ0n) is 9.45. The summed E-state index contributed by atoms with van der Waals surface area (Å²) in [4.78, 5) is 7.80. The van der Waals surface area contributed by atoms with E-state index >= 15 is 0 Å². The number of imidazole rings is 1. The summed E-state index contributed by atoms with van der Waals surface area (Å²) in [7, 11) is 0. The molecule has 90 valence electrons.